The molecule has 1 aromatic rings. The second-order valence-electron chi connectivity index (χ2n) is 5.85. The Bertz CT molecular complexity index is 878. The molecule has 5 rings (SSSR count). The van der Waals surface area contributed by atoms with E-state index < -0.39 is 0 Å². The van der Waals surface area contributed by atoms with Gasteiger partial charge < -0.3 is 5.32 Å². The van der Waals surface area contributed by atoms with Crippen LogP contribution in [0.25, 0.3) is 0 Å². The highest BCUT2D eigenvalue weighted by molar-refractivity contribution is 8.45. The minimum Gasteiger partial charge on any atom is -0.311 e. The molecule has 3 nitrogen and oxygen atoms in total. The van der Waals surface area contributed by atoms with Crippen LogP contribution in [-0.2, 0) is 4.79 Å². The number of carbonyl (C=O) groups excluding carboxylic acids is 1. The molecule has 1 amide bonds. The average molecular weight is 519 g/mol. The van der Waals surface area contributed by atoms with Gasteiger partial charge in [-0.15, -0.1) is 47.0 Å². The van der Waals surface area contributed by atoms with E-state index in [2.05, 4.69) is 10.3 Å². The zero-order valence-corrected chi connectivity index (χ0v) is 20.9. The molecule has 1 unspecified atom stereocenters. The van der Waals surface area contributed by atoms with E-state index in [0.29, 0.717) is 17.5 Å². The molecule has 0 aliphatic carbocycles. The van der Waals surface area contributed by atoms with Crippen molar-refractivity contribution in [1.29, 1.82) is 0 Å². The van der Waals surface area contributed by atoms with E-state index in [0.717, 1.165) is 5.75 Å². The van der Waals surface area contributed by atoms with Gasteiger partial charge >= 0.3 is 0 Å². The van der Waals surface area contributed by atoms with Crippen LogP contribution in [0.3, 0.4) is 0 Å². The summed E-state index contributed by atoms with van der Waals surface area (Å²) in [6.07, 6.45) is 2.22. The number of hydrogen-bond donors (Lipinski definition) is 1. The van der Waals surface area contributed by atoms with Gasteiger partial charge in [-0.05, 0) is 12.1 Å². The lowest BCUT2D eigenvalue weighted by Gasteiger charge is -2.20. The minimum atomic E-state index is 0.0444. The third kappa shape index (κ3) is 4.76. The Balaban J connectivity index is 1.18. The van der Waals surface area contributed by atoms with Crippen LogP contribution < -0.4 is 5.32 Å². The van der Waals surface area contributed by atoms with E-state index in [1.165, 1.54) is 36.9 Å². The van der Waals surface area contributed by atoms with Gasteiger partial charge in [0.2, 0.25) is 5.91 Å². The maximum Gasteiger partial charge on any atom is 0.226 e. The summed E-state index contributed by atoms with van der Waals surface area (Å²) in [5, 5.41) is 3.22. The predicted octanol–water partition coefficient (Wildman–Crippen LogP) is 7.08. The minimum absolute atomic E-state index is 0.0444. The molecular formula is C17H14N2OS8. The summed E-state index contributed by atoms with van der Waals surface area (Å²) >= 11 is 15.5. The largest absolute Gasteiger partial charge is 0.311 e. The number of carbonyl (C=O) groups is 1. The molecule has 146 valence electrons. The van der Waals surface area contributed by atoms with E-state index in [1.54, 1.807) is 6.20 Å². The van der Waals surface area contributed by atoms with Gasteiger partial charge in [0.1, 0.15) is 5.82 Å². The molecule has 0 saturated carbocycles. The zero-order valence-electron chi connectivity index (χ0n) is 14.3. The van der Waals surface area contributed by atoms with Gasteiger partial charge in [0, 0.05) is 35.1 Å². The number of nitrogens with one attached hydrogen (secondary N) is 1. The first-order chi connectivity index (χ1) is 13.7. The van der Waals surface area contributed by atoms with Gasteiger partial charge in [-0.2, -0.15) is 0 Å². The Hall–Kier alpha value is 0.640. The molecule has 28 heavy (non-hydrogen) atoms. The van der Waals surface area contributed by atoms with Crippen molar-refractivity contribution in [3.8, 4) is 0 Å². The summed E-state index contributed by atoms with van der Waals surface area (Å²) in [5.41, 5.74) is 0. The molecule has 0 radical (unpaired) electrons. The molecule has 0 fully saturated rings. The zero-order chi connectivity index (χ0) is 18.9. The van der Waals surface area contributed by atoms with Crippen molar-refractivity contribution in [2.75, 3.05) is 22.6 Å². The van der Waals surface area contributed by atoms with Crippen molar-refractivity contribution in [2.24, 2.45) is 0 Å². The molecule has 1 aromatic heterocycles. The Morgan fingerprint density at radius 2 is 1.61 bits per heavy atom. The van der Waals surface area contributed by atoms with E-state index in [9.17, 15) is 4.79 Å². The maximum absolute atomic E-state index is 12.4. The number of aromatic nitrogens is 1. The fourth-order valence-corrected chi connectivity index (χ4v) is 15.2. The topological polar surface area (TPSA) is 42.0 Å². The number of nitrogens with zero attached hydrogens (tertiary/aromatic N) is 1. The molecule has 0 saturated heterocycles. The fraction of sp³-hybridized carbons (Fsp3) is 0.294. The van der Waals surface area contributed by atoms with Crippen LogP contribution in [0, 0.1) is 0 Å². The van der Waals surface area contributed by atoms with E-state index in [4.69, 9.17) is 0 Å². The highest BCUT2D eigenvalue weighted by Crippen LogP contribution is 2.68. The first-order valence-corrected chi connectivity index (χ1v) is 15.5. The maximum atomic E-state index is 12.4. The van der Waals surface area contributed by atoms with Crippen molar-refractivity contribution in [3.63, 3.8) is 0 Å². The molecular weight excluding hydrogens is 505 g/mol. The lowest BCUT2D eigenvalue weighted by molar-refractivity contribution is -0.116. The summed E-state index contributed by atoms with van der Waals surface area (Å²) < 4.78 is 8.67. The van der Waals surface area contributed by atoms with Crippen molar-refractivity contribution in [2.45, 2.75) is 11.7 Å². The normalized spacial score (nSPS) is 24.5. The van der Waals surface area contributed by atoms with Gasteiger partial charge in [0.05, 0.1) is 25.4 Å². The van der Waals surface area contributed by atoms with Crippen LogP contribution in [-0.4, -0.2) is 33.4 Å². The third-order valence-corrected chi connectivity index (χ3v) is 16.2. The van der Waals surface area contributed by atoms with Crippen molar-refractivity contribution >= 4 is 106 Å². The smallest absolute Gasteiger partial charge is 0.226 e. The fourth-order valence-electron chi connectivity index (χ4n) is 2.61. The molecule has 0 aromatic carbocycles. The molecule has 0 spiro atoms. The highest BCUT2D eigenvalue weighted by Gasteiger charge is 2.35. The van der Waals surface area contributed by atoms with Crippen LogP contribution in [0.4, 0.5) is 5.82 Å². The summed E-state index contributed by atoms with van der Waals surface area (Å²) in [4.78, 5) is 16.5. The number of pyridine rings is 1. The van der Waals surface area contributed by atoms with Gasteiger partial charge in [-0.1, -0.05) is 53.1 Å². The third-order valence-electron chi connectivity index (χ3n) is 3.81. The second kappa shape index (κ2) is 9.42. The van der Waals surface area contributed by atoms with E-state index in [-0.39, 0.29) is 5.91 Å². The van der Waals surface area contributed by atoms with Crippen LogP contribution in [0.15, 0.2) is 49.8 Å². The van der Waals surface area contributed by atoms with Crippen LogP contribution >= 0.6 is 94.1 Å². The standard InChI is InChI=1S/C17H14N2OS8/c20-11(19-10-3-1-2-4-18-10)7-9-8-23-14-15(24-9)28-17(27-14)16-25-12-13(26-16)22-6-5-21-12/h1-4,9H,5-8H2,(H,18,19,20). The van der Waals surface area contributed by atoms with Gasteiger partial charge in [0.25, 0.3) is 0 Å². The van der Waals surface area contributed by atoms with Crippen molar-refractivity contribution < 1.29 is 4.79 Å². The summed E-state index contributed by atoms with van der Waals surface area (Å²) in [6, 6.07) is 5.56. The molecule has 0 bridgehead atoms. The Labute approximate surface area is 198 Å². The van der Waals surface area contributed by atoms with Crippen LogP contribution in [0.5, 0.6) is 0 Å². The summed E-state index contributed by atoms with van der Waals surface area (Å²) in [6.45, 7) is 0. The Morgan fingerprint density at radius 3 is 2.29 bits per heavy atom. The molecule has 4 aliphatic rings. The lowest BCUT2D eigenvalue weighted by atomic mass is 10.3. The predicted molar refractivity (Wildman–Crippen MR) is 138 cm³/mol. The number of thioether (sulfide) groups is 8. The monoisotopic (exact) mass is 518 g/mol. The molecule has 5 heterocycles. The number of anilines is 1. The van der Waals surface area contributed by atoms with Gasteiger partial charge in [-0.25, -0.2) is 4.98 Å². The first-order valence-electron chi connectivity index (χ1n) is 8.45. The van der Waals surface area contributed by atoms with Crippen LogP contribution in [0.2, 0.25) is 0 Å². The summed E-state index contributed by atoms with van der Waals surface area (Å²) in [7, 11) is 0. The molecule has 4 aliphatic heterocycles. The summed E-state index contributed by atoms with van der Waals surface area (Å²) in [5.74, 6) is 4.10. The van der Waals surface area contributed by atoms with Crippen molar-refractivity contribution in [3.05, 3.63) is 49.8 Å². The lowest BCUT2D eigenvalue weighted by Crippen LogP contribution is -2.21. The molecule has 11 heteroatoms. The van der Waals surface area contributed by atoms with Gasteiger partial charge in [-0.3, -0.25) is 4.79 Å². The highest BCUT2D eigenvalue weighted by atomic mass is 32.3. The SMILES string of the molecule is O=C(CC1CSC2=C(SC(=C3SC4=C(SCCS4)S3)S2)S1)Nc1ccccn1. The Morgan fingerprint density at radius 1 is 0.929 bits per heavy atom. The Kier molecular flexibility index (Phi) is 6.91. The van der Waals surface area contributed by atoms with Gasteiger partial charge in [0.15, 0.2) is 0 Å². The number of rotatable bonds is 3. The number of hydrogen-bond acceptors (Lipinski definition) is 10. The first kappa shape index (κ1) is 20.5. The van der Waals surface area contributed by atoms with Crippen LogP contribution in [0.1, 0.15) is 6.42 Å². The van der Waals surface area contributed by atoms with Crippen molar-refractivity contribution in [1.82, 2.24) is 4.98 Å². The molecule has 1 N–H and O–H groups in total. The van der Waals surface area contributed by atoms with E-state index in [1.807, 2.05) is 112 Å². The number of amides is 1. The van der Waals surface area contributed by atoms with E-state index >= 15 is 0 Å². The second-order valence-corrected chi connectivity index (χ2v) is 16.0. The quantitative estimate of drug-likeness (QED) is 0.449. The molecule has 1 atom stereocenters. The average Bonchev–Trinajstić information content (AvgIpc) is 3.32.